The average molecular weight is 329 g/mol. The minimum atomic E-state index is -3.35. The van der Waals surface area contributed by atoms with Crippen LogP contribution in [0.1, 0.15) is 36.3 Å². The van der Waals surface area contributed by atoms with Gasteiger partial charge in [0.2, 0.25) is 15.9 Å². The van der Waals surface area contributed by atoms with Crippen LogP contribution in [0.15, 0.2) is 0 Å². The molecule has 1 atom stereocenters. The van der Waals surface area contributed by atoms with Crippen LogP contribution in [-0.4, -0.2) is 42.5 Å². The molecular formula is C13H19N3O3S2. The minimum absolute atomic E-state index is 0.257. The molecule has 0 radical (unpaired) electrons. The smallest absolute Gasteiger partial charge is 0.244 e. The molecule has 1 unspecified atom stereocenters. The molecule has 1 N–H and O–H groups in total. The van der Waals surface area contributed by atoms with Crippen LogP contribution < -0.4 is 5.32 Å². The average Bonchev–Trinajstić information content (AvgIpc) is 2.98. The first kappa shape index (κ1) is 14.9. The van der Waals surface area contributed by atoms with Crippen molar-refractivity contribution >= 4 is 32.4 Å². The molecule has 1 aliphatic carbocycles. The monoisotopic (exact) mass is 329 g/mol. The van der Waals surface area contributed by atoms with Crippen LogP contribution in [0.5, 0.6) is 0 Å². The van der Waals surface area contributed by atoms with E-state index < -0.39 is 16.1 Å². The van der Waals surface area contributed by atoms with Crippen LogP contribution in [0, 0.1) is 0 Å². The van der Waals surface area contributed by atoms with E-state index in [-0.39, 0.29) is 5.91 Å². The number of rotatable bonds is 3. The van der Waals surface area contributed by atoms with Gasteiger partial charge in [-0.1, -0.05) is 6.42 Å². The number of thiazole rings is 1. The molecule has 1 aromatic rings. The van der Waals surface area contributed by atoms with Gasteiger partial charge in [-0.3, -0.25) is 4.79 Å². The number of sulfonamides is 1. The van der Waals surface area contributed by atoms with Crippen LogP contribution >= 0.6 is 11.3 Å². The number of carbonyl (C=O) groups is 1. The van der Waals surface area contributed by atoms with Gasteiger partial charge in [-0.05, 0) is 32.1 Å². The van der Waals surface area contributed by atoms with Crippen molar-refractivity contribution in [3.8, 4) is 0 Å². The number of aromatic nitrogens is 1. The second kappa shape index (κ2) is 5.66. The quantitative estimate of drug-likeness (QED) is 0.909. The topological polar surface area (TPSA) is 79.4 Å². The molecule has 1 aromatic heterocycles. The van der Waals surface area contributed by atoms with Crippen LogP contribution in [0.2, 0.25) is 0 Å². The van der Waals surface area contributed by atoms with E-state index in [2.05, 4.69) is 10.3 Å². The first-order valence-electron chi connectivity index (χ1n) is 7.21. The third kappa shape index (κ3) is 3.12. The molecule has 1 saturated heterocycles. The highest BCUT2D eigenvalue weighted by molar-refractivity contribution is 7.88. The van der Waals surface area contributed by atoms with Crippen LogP contribution in [0.3, 0.4) is 0 Å². The number of aryl methyl sites for hydroxylation is 2. The molecular weight excluding hydrogens is 310 g/mol. The molecule has 2 heterocycles. The third-order valence-corrected chi connectivity index (χ3v) is 6.37. The standard InChI is InChI=1S/C13H19N3O3S2/c1-21(18,19)16-8-3-2-6-10(16)12(17)15-13-14-9-5-4-7-11(9)20-13/h10H,2-8H2,1H3,(H,14,15,17). The Bertz CT molecular complexity index is 632. The Morgan fingerprint density at radius 1 is 1.33 bits per heavy atom. The Balaban J connectivity index is 1.73. The van der Waals surface area contributed by atoms with Crippen molar-refractivity contribution in [1.82, 2.24) is 9.29 Å². The van der Waals surface area contributed by atoms with Gasteiger partial charge in [0.05, 0.1) is 11.9 Å². The molecule has 8 heteroatoms. The molecule has 3 rings (SSSR count). The maximum atomic E-state index is 12.4. The van der Waals surface area contributed by atoms with E-state index in [0.717, 1.165) is 44.1 Å². The molecule has 1 amide bonds. The molecule has 0 aromatic carbocycles. The molecule has 1 fully saturated rings. The fraction of sp³-hybridized carbons (Fsp3) is 0.692. The summed E-state index contributed by atoms with van der Waals surface area (Å²) in [6.45, 7) is 0.422. The maximum absolute atomic E-state index is 12.4. The van der Waals surface area contributed by atoms with Crippen LogP contribution in [-0.2, 0) is 27.7 Å². The second-order valence-corrected chi connectivity index (χ2v) is 8.64. The fourth-order valence-corrected chi connectivity index (χ4v) is 5.17. The summed E-state index contributed by atoms with van der Waals surface area (Å²) in [5, 5.41) is 3.41. The SMILES string of the molecule is CS(=O)(=O)N1CCCCC1C(=O)Nc1nc2c(s1)CCC2. The van der Waals surface area contributed by atoms with Crippen molar-refractivity contribution in [3.63, 3.8) is 0 Å². The van der Waals surface area contributed by atoms with Gasteiger partial charge in [0.1, 0.15) is 6.04 Å². The van der Waals surface area contributed by atoms with E-state index >= 15 is 0 Å². The molecule has 0 saturated carbocycles. The zero-order valence-electron chi connectivity index (χ0n) is 12.0. The number of hydrogen-bond donors (Lipinski definition) is 1. The van der Waals surface area contributed by atoms with Gasteiger partial charge in [0.15, 0.2) is 5.13 Å². The molecule has 21 heavy (non-hydrogen) atoms. The summed E-state index contributed by atoms with van der Waals surface area (Å²) >= 11 is 1.51. The molecule has 1 aliphatic heterocycles. The van der Waals surface area contributed by atoms with Crippen LogP contribution in [0.4, 0.5) is 5.13 Å². The zero-order valence-corrected chi connectivity index (χ0v) is 13.6. The Labute approximate surface area is 128 Å². The van der Waals surface area contributed by atoms with E-state index in [9.17, 15) is 13.2 Å². The van der Waals surface area contributed by atoms with Gasteiger partial charge in [0, 0.05) is 11.4 Å². The predicted octanol–water partition coefficient (Wildman–Crippen LogP) is 1.38. The van der Waals surface area contributed by atoms with Gasteiger partial charge >= 0.3 is 0 Å². The lowest BCUT2D eigenvalue weighted by atomic mass is 10.0. The lowest BCUT2D eigenvalue weighted by Crippen LogP contribution is -2.49. The highest BCUT2D eigenvalue weighted by Crippen LogP contribution is 2.31. The van der Waals surface area contributed by atoms with Gasteiger partial charge in [-0.25, -0.2) is 13.4 Å². The first-order valence-corrected chi connectivity index (χ1v) is 9.88. The first-order chi connectivity index (χ1) is 9.95. The number of amides is 1. The Hall–Kier alpha value is -0.990. The summed E-state index contributed by atoms with van der Waals surface area (Å²) in [5.74, 6) is -0.257. The van der Waals surface area contributed by atoms with E-state index in [1.54, 1.807) is 0 Å². The third-order valence-electron chi connectivity index (χ3n) is 4.01. The molecule has 116 valence electrons. The highest BCUT2D eigenvalue weighted by Gasteiger charge is 2.34. The summed E-state index contributed by atoms with van der Waals surface area (Å²) in [4.78, 5) is 18.1. The van der Waals surface area contributed by atoms with Crippen molar-refractivity contribution < 1.29 is 13.2 Å². The van der Waals surface area contributed by atoms with Gasteiger partial charge in [-0.2, -0.15) is 4.31 Å². The summed E-state index contributed by atoms with van der Waals surface area (Å²) in [6.07, 6.45) is 6.55. The predicted molar refractivity (Wildman–Crippen MR) is 82.0 cm³/mol. The van der Waals surface area contributed by atoms with Crippen LogP contribution in [0.25, 0.3) is 0 Å². The van der Waals surface area contributed by atoms with E-state index in [1.165, 1.54) is 20.5 Å². The highest BCUT2D eigenvalue weighted by atomic mass is 32.2. The summed E-state index contributed by atoms with van der Waals surface area (Å²) < 4.78 is 24.9. The van der Waals surface area contributed by atoms with E-state index in [0.29, 0.717) is 18.1 Å². The number of hydrogen-bond acceptors (Lipinski definition) is 5. The van der Waals surface area contributed by atoms with Gasteiger partial charge in [-0.15, -0.1) is 11.3 Å². The minimum Gasteiger partial charge on any atom is -0.301 e. The lowest BCUT2D eigenvalue weighted by molar-refractivity contribution is -0.120. The summed E-state index contributed by atoms with van der Waals surface area (Å²) in [5.41, 5.74) is 1.08. The van der Waals surface area contributed by atoms with Crippen molar-refractivity contribution in [1.29, 1.82) is 0 Å². The van der Waals surface area contributed by atoms with Crippen molar-refractivity contribution in [2.45, 2.75) is 44.6 Å². The lowest BCUT2D eigenvalue weighted by Gasteiger charge is -2.32. The van der Waals surface area contributed by atoms with E-state index in [4.69, 9.17) is 0 Å². The molecule has 0 spiro atoms. The number of fused-ring (bicyclic) bond motifs is 1. The second-order valence-electron chi connectivity index (χ2n) is 5.62. The fourth-order valence-electron chi connectivity index (χ4n) is 3.00. The molecule has 6 nitrogen and oxygen atoms in total. The largest absolute Gasteiger partial charge is 0.301 e. The Morgan fingerprint density at radius 3 is 2.86 bits per heavy atom. The number of nitrogens with one attached hydrogen (secondary N) is 1. The Morgan fingerprint density at radius 2 is 2.14 bits per heavy atom. The number of nitrogens with zero attached hydrogens (tertiary/aromatic N) is 2. The normalized spacial score (nSPS) is 23.0. The van der Waals surface area contributed by atoms with Crippen molar-refractivity contribution in [2.24, 2.45) is 0 Å². The summed E-state index contributed by atoms with van der Waals surface area (Å²) in [6, 6.07) is -0.604. The van der Waals surface area contributed by atoms with Gasteiger partial charge < -0.3 is 5.32 Å². The van der Waals surface area contributed by atoms with Crippen molar-refractivity contribution in [3.05, 3.63) is 10.6 Å². The molecule has 2 aliphatic rings. The zero-order chi connectivity index (χ0) is 15.0. The molecule has 0 bridgehead atoms. The summed E-state index contributed by atoms with van der Waals surface area (Å²) in [7, 11) is -3.35. The Kier molecular flexibility index (Phi) is 4.02. The van der Waals surface area contributed by atoms with E-state index in [1.807, 2.05) is 0 Å². The van der Waals surface area contributed by atoms with Crippen molar-refractivity contribution in [2.75, 3.05) is 18.1 Å². The number of piperidine rings is 1. The number of anilines is 1. The number of carbonyl (C=O) groups excluding carboxylic acids is 1. The van der Waals surface area contributed by atoms with Gasteiger partial charge in [0.25, 0.3) is 0 Å². The maximum Gasteiger partial charge on any atom is 0.244 e.